The van der Waals surface area contributed by atoms with E-state index in [9.17, 15) is 15.6 Å². The second-order valence-electron chi connectivity index (χ2n) is 31.9. The average molecular weight is 1710 g/mol. The number of nitriles is 2. The number of rotatable bonds is 34. The molecule has 0 fully saturated rings. The molecular formula is C102H94Cl4N4O4S4. The quantitative estimate of drug-likeness (QED) is 0.0186. The van der Waals surface area contributed by atoms with E-state index >= 15 is 9.59 Å². The van der Waals surface area contributed by atoms with Crippen molar-refractivity contribution in [3.05, 3.63) is 298 Å². The summed E-state index contributed by atoms with van der Waals surface area (Å²) in [7, 11) is 0. The van der Waals surface area contributed by atoms with E-state index in [1.165, 1.54) is 47.2 Å². The van der Waals surface area contributed by atoms with Gasteiger partial charge >= 0.3 is 0 Å². The van der Waals surface area contributed by atoms with Gasteiger partial charge in [0.05, 0.1) is 91.7 Å². The van der Waals surface area contributed by atoms with Crippen molar-refractivity contribution in [1.82, 2.24) is 0 Å². The fourth-order valence-electron chi connectivity index (χ4n) is 18.5. The third-order valence-corrected chi connectivity index (χ3v) is 30.7. The predicted molar refractivity (Wildman–Crippen MR) is 495 cm³/mol. The van der Waals surface area contributed by atoms with Crippen LogP contribution in [0.4, 0.5) is 0 Å². The summed E-state index contributed by atoms with van der Waals surface area (Å²) in [5.41, 5.74) is 12.4. The predicted octanol–water partition coefficient (Wildman–Crippen LogP) is 31.4. The Hall–Kier alpha value is -9.12. The molecule has 0 radical (unpaired) electrons. The van der Waals surface area contributed by atoms with Gasteiger partial charge in [0.1, 0.15) is 11.5 Å². The largest absolute Gasteiger partial charge is 0.506 e. The number of carbonyl (C=O) groups is 2. The first-order chi connectivity index (χ1) is 57.6. The number of phenolic OH excluding ortho intramolecular Hbond substituents is 1. The van der Waals surface area contributed by atoms with Crippen LogP contribution in [0.3, 0.4) is 0 Å². The van der Waals surface area contributed by atoms with Crippen molar-refractivity contribution in [1.29, 1.82) is 10.5 Å². The van der Waals surface area contributed by atoms with Gasteiger partial charge in [0.2, 0.25) is 0 Å². The summed E-state index contributed by atoms with van der Waals surface area (Å²) in [5.74, 6) is 0.109. The van der Waals surface area contributed by atoms with Crippen LogP contribution >= 0.6 is 91.8 Å². The van der Waals surface area contributed by atoms with Gasteiger partial charge in [-0.1, -0.05) is 287 Å². The van der Waals surface area contributed by atoms with Crippen LogP contribution in [0.1, 0.15) is 284 Å². The van der Waals surface area contributed by atoms with E-state index in [0.717, 1.165) is 238 Å². The van der Waals surface area contributed by atoms with Gasteiger partial charge in [-0.05, 0) is 173 Å². The summed E-state index contributed by atoms with van der Waals surface area (Å²) in [6.07, 6.45) is 31.6. The van der Waals surface area contributed by atoms with Crippen LogP contribution < -0.4 is 4.74 Å². The van der Waals surface area contributed by atoms with Crippen molar-refractivity contribution in [3.63, 3.8) is 0 Å². The number of halogens is 4. The fourth-order valence-corrected chi connectivity index (χ4v) is 24.4. The van der Waals surface area contributed by atoms with Gasteiger partial charge < -0.3 is 9.84 Å². The second-order valence-corrected chi connectivity index (χ2v) is 37.8. The Bertz CT molecular complexity index is 5770. The minimum atomic E-state index is -1.11. The number of aryl methyl sites for hydroxylation is 4. The molecule has 4 aliphatic carbocycles. The minimum absolute atomic E-state index is 0.143. The van der Waals surface area contributed by atoms with Crippen LogP contribution in [0.2, 0.25) is 20.1 Å². The monoisotopic (exact) mass is 1710 g/mol. The van der Waals surface area contributed by atoms with Gasteiger partial charge in [0, 0.05) is 65.1 Å². The van der Waals surface area contributed by atoms with Crippen molar-refractivity contribution >= 4 is 147 Å². The molecule has 11 aromatic rings. The Kier molecular flexibility index (Phi) is 26.2. The Labute approximate surface area is 730 Å². The lowest BCUT2D eigenvalue weighted by molar-refractivity contribution is 0.103. The van der Waals surface area contributed by atoms with Crippen LogP contribution in [0.25, 0.3) is 72.7 Å². The van der Waals surface area contributed by atoms with E-state index in [4.69, 9.17) is 64.3 Å². The van der Waals surface area contributed by atoms with E-state index in [1.54, 1.807) is 57.5 Å². The van der Waals surface area contributed by atoms with Crippen molar-refractivity contribution in [2.24, 2.45) is 0 Å². The highest BCUT2D eigenvalue weighted by atomic mass is 35.5. The summed E-state index contributed by atoms with van der Waals surface area (Å²) in [6, 6.07) is 51.7. The molecule has 4 aromatic heterocycles. The molecule has 8 nitrogen and oxygen atoms in total. The molecule has 0 bridgehead atoms. The van der Waals surface area contributed by atoms with Crippen LogP contribution in [-0.2, 0) is 36.5 Å². The molecule has 4 heterocycles. The lowest BCUT2D eigenvalue weighted by atomic mass is 9.66. The third kappa shape index (κ3) is 15.3. The Morgan fingerprint density at radius 2 is 0.746 bits per heavy atom. The summed E-state index contributed by atoms with van der Waals surface area (Å²) in [6.45, 7) is 28.2. The summed E-state index contributed by atoms with van der Waals surface area (Å²) in [4.78, 5) is 43.0. The number of nitrogens with zero attached hydrogens (tertiary/aromatic N) is 4. The molecule has 598 valence electrons. The molecule has 0 atom stereocenters. The van der Waals surface area contributed by atoms with Gasteiger partial charge in [-0.25, -0.2) is 20.2 Å². The number of aromatic hydroxyl groups is 1. The van der Waals surface area contributed by atoms with Crippen LogP contribution in [0.5, 0.6) is 11.5 Å². The van der Waals surface area contributed by atoms with Crippen molar-refractivity contribution in [2.75, 3.05) is 6.61 Å². The maximum Gasteiger partial charge on any atom is 0.270 e. The Morgan fingerprint density at radius 1 is 0.424 bits per heavy atom. The summed E-state index contributed by atoms with van der Waals surface area (Å²) < 4.78 is 9.33. The van der Waals surface area contributed by atoms with E-state index in [1.807, 2.05) is 12.2 Å². The highest BCUT2D eigenvalue weighted by molar-refractivity contribution is 7.29. The number of phenols is 1. The standard InChI is InChI=1S/C102H94Cl4N4O4S4/c1-8-13-18-23-24-29-50-114-94-88-90-100(96-78(54-70(116-96)52-76-86(84(60-108)110-7)72-56-80(104)82(106)58-74(72)92(76)112)102(90,67-46-38-63(39-47-67)32-27-21-16-11-4)68-48-40-64(41-49-68)33-28-22-17-12-5)117-97(88)93(113)87-89-99(118-98(87)94)95-77(53-69(115-95)51-75-85(83(59-107)109-6)71-55-79(103)81(105)57-73(71)91(75)111)101(89,65-42-34-61(35-43-65)30-25-19-14-9-2)66-44-36-62(37-45-66)31-26-20-15-10-3/h34-49,51-58,113H,8-33,50H2,1-5H3/b75-51-,76-52-,85-83?,86-84+. The number of carbonyl (C=O) groups excluding carboxylic acids is 2. The lowest BCUT2D eigenvalue weighted by Crippen LogP contribution is -2.29. The number of thiophene rings is 4. The molecule has 1 N–H and O–H groups in total. The second kappa shape index (κ2) is 36.8. The third-order valence-electron chi connectivity index (χ3n) is 24.4. The highest BCUT2D eigenvalue weighted by Crippen LogP contribution is 2.71. The fraction of sp³-hybridized carbons (Fsp3) is 0.333. The molecule has 0 unspecified atom stereocenters. The number of unbranched alkanes of at least 4 members (excludes halogenated alkanes) is 17. The summed E-state index contributed by atoms with van der Waals surface area (Å²) in [5, 5.41) is 38.4. The van der Waals surface area contributed by atoms with Gasteiger partial charge in [-0.15, -0.1) is 45.3 Å². The normalized spacial score (nSPS) is 15.5. The first-order valence-corrected chi connectivity index (χ1v) is 47.0. The maximum atomic E-state index is 15.1. The molecule has 0 spiro atoms. The number of allylic oxidation sites excluding steroid dienone is 6. The number of Topliss-reactive ketones (excluding diaryl/α,β-unsaturated/α-hetero) is 2. The average Bonchev–Trinajstić information content (AvgIpc) is 1.49. The zero-order valence-corrected chi connectivity index (χ0v) is 73.8. The minimum Gasteiger partial charge on any atom is -0.506 e. The van der Waals surface area contributed by atoms with E-state index < -0.39 is 10.8 Å². The highest BCUT2D eigenvalue weighted by Gasteiger charge is 2.55. The molecule has 7 aromatic carbocycles. The van der Waals surface area contributed by atoms with Gasteiger partial charge in [0.15, 0.2) is 11.6 Å². The van der Waals surface area contributed by atoms with E-state index in [2.05, 4.69) is 166 Å². The van der Waals surface area contributed by atoms with Crippen LogP contribution in [0, 0.1) is 35.8 Å². The first kappa shape index (κ1) is 83.9. The number of ketones is 2. The van der Waals surface area contributed by atoms with Crippen molar-refractivity contribution in [3.8, 4) is 43.1 Å². The molecule has 0 saturated heterocycles. The molecule has 0 amide bonds. The molecule has 15 rings (SSSR count). The first-order valence-electron chi connectivity index (χ1n) is 42.2. The lowest BCUT2D eigenvalue weighted by Gasteiger charge is -2.34. The number of fused-ring (bicyclic) bond motifs is 12. The smallest absolute Gasteiger partial charge is 0.270 e. The van der Waals surface area contributed by atoms with Gasteiger partial charge in [-0.2, -0.15) is 0 Å². The molecule has 118 heavy (non-hydrogen) atoms. The number of benzene rings is 7. The Morgan fingerprint density at radius 3 is 1.09 bits per heavy atom. The topological polar surface area (TPSA) is 120 Å². The summed E-state index contributed by atoms with van der Waals surface area (Å²) >= 11 is 33.2. The number of hydrogen-bond acceptors (Lipinski definition) is 10. The number of hydrogen-bond donors (Lipinski definition) is 1. The molecule has 0 aliphatic heterocycles. The van der Waals surface area contributed by atoms with Gasteiger partial charge in [0.25, 0.3) is 11.4 Å². The van der Waals surface area contributed by atoms with E-state index in [-0.39, 0.29) is 82.2 Å². The maximum absolute atomic E-state index is 15.1. The zero-order valence-electron chi connectivity index (χ0n) is 67.6. The van der Waals surface area contributed by atoms with Crippen LogP contribution in [0.15, 0.2) is 156 Å². The Balaban J connectivity index is 1.05. The molecule has 0 saturated carbocycles. The molecule has 16 heteroatoms. The molecular weight excluding hydrogens is 1620 g/mol. The van der Waals surface area contributed by atoms with Crippen molar-refractivity contribution < 1.29 is 19.4 Å². The number of ether oxygens (including phenoxy) is 1. The van der Waals surface area contributed by atoms with Gasteiger partial charge in [-0.3, -0.25) is 9.59 Å². The van der Waals surface area contributed by atoms with Crippen LogP contribution in [-0.4, -0.2) is 23.3 Å². The van der Waals surface area contributed by atoms with Crippen molar-refractivity contribution in [2.45, 2.75) is 212 Å². The SMILES string of the molecule is [C-]#[N+]C(C#N)=C1/C(=C/c2cc3c(s2)-c2sc4c(OCCCCCCCC)c5c6c(sc5c(O)c4c2C3(c2ccc(CCCCCC)cc2)c2ccc(CCCCCC)cc2)-c2sc(/C=C3\C(=O)c4cc(Cl)c(Cl)cc4\C3=C(\C#N)[N+]#[C-])cc2C6(c2ccc(CCCCCC)cc2)c2ccc(CCCCCC)cc2)C(=O)c2cc(Cl)c(Cl)cc21. The zero-order chi connectivity index (χ0) is 82.5. The molecule has 4 aliphatic rings. The van der Waals surface area contributed by atoms with E-state index in [0.29, 0.717) is 33.6 Å².